The fraction of sp³-hybridized carbons (Fsp3) is 0.533. The second kappa shape index (κ2) is 5.89. The van der Waals surface area contributed by atoms with Gasteiger partial charge in [0.25, 0.3) is 0 Å². The molecule has 0 aliphatic carbocycles. The minimum Gasteiger partial charge on any atom is -0.450 e. The van der Waals surface area contributed by atoms with E-state index in [0.29, 0.717) is 12.5 Å². The molecule has 3 nitrogen and oxygen atoms in total. The van der Waals surface area contributed by atoms with E-state index in [1.807, 2.05) is 13.8 Å². The summed E-state index contributed by atoms with van der Waals surface area (Å²) in [5, 5.41) is 2.86. The molecule has 0 spiro atoms. The van der Waals surface area contributed by atoms with Crippen molar-refractivity contribution in [3.05, 3.63) is 35.4 Å². The van der Waals surface area contributed by atoms with Crippen molar-refractivity contribution >= 4 is 6.09 Å². The minimum absolute atomic E-state index is 0.379. The molecule has 0 aromatic heterocycles. The van der Waals surface area contributed by atoms with Crippen LogP contribution in [0.3, 0.4) is 0 Å². The van der Waals surface area contributed by atoms with Gasteiger partial charge in [0.05, 0.1) is 12.1 Å². The lowest BCUT2D eigenvalue weighted by molar-refractivity contribution is 0.141. The third-order valence-electron chi connectivity index (χ3n) is 2.99. The molecule has 1 rings (SSSR count). The Balaban J connectivity index is 2.81. The molecule has 0 atom stereocenters. The van der Waals surface area contributed by atoms with Gasteiger partial charge in [0, 0.05) is 0 Å². The molecular weight excluding hydrogens is 226 g/mol. The van der Waals surface area contributed by atoms with Crippen LogP contribution in [0, 0.1) is 0 Å². The van der Waals surface area contributed by atoms with Crippen LogP contribution in [0.4, 0.5) is 4.79 Å². The quantitative estimate of drug-likeness (QED) is 0.881. The predicted molar refractivity (Wildman–Crippen MR) is 73.7 cm³/mol. The first-order valence-electron chi connectivity index (χ1n) is 6.42. The Morgan fingerprint density at radius 1 is 1.28 bits per heavy atom. The fourth-order valence-corrected chi connectivity index (χ4v) is 1.78. The van der Waals surface area contributed by atoms with Gasteiger partial charge in [-0.1, -0.05) is 38.1 Å². The van der Waals surface area contributed by atoms with Crippen molar-refractivity contribution in [1.29, 1.82) is 0 Å². The Bertz CT molecular complexity index is 393. The van der Waals surface area contributed by atoms with E-state index in [4.69, 9.17) is 4.74 Å². The van der Waals surface area contributed by atoms with E-state index >= 15 is 0 Å². The van der Waals surface area contributed by atoms with Crippen LogP contribution in [-0.2, 0) is 10.3 Å². The highest BCUT2D eigenvalue weighted by atomic mass is 16.5. The zero-order chi connectivity index (χ0) is 13.8. The number of carbonyl (C=O) groups is 1. The average Bonchev–Trinajstić information content (AvgIpc) is 2.28. The Labute approximate surface area is 110 Å². The lowest BCUT2D eigenvalue weighted by Crippen LogP contribution is -2.41. The molecule has 1 amide bonds. The molecule has 0 saturated carbocycles. The molecule has 0 aliphatic heterocycles. The van der Waals surface area contributed by atoms with Crippen LogP contribution in [0.25, 0.3) is 0 Å². The van der Waals surface area contributed by atoms with Crippen LogP contribution in [0.2, 0.25) is 0 Å². The van der Waals surface area contributed by atoms with Crippen LogP contribution in [0.5, 0.6) is 0 Å². The molecule has 18 heavy (non-hydrogen) atoms. The van der Waals surface area contributed by atoms with Crippen LogP contribution >= 0.6 is 0 Å². The maximum atomic E-state index is 11.5. The SMILES string of the molecule is CCOC(=O)NC(C)(C)c1ccc(C(C)C)cc1. The molecule has 0 heterocycles. The Morgan fingerprint density at radius 3 is 2.28 bits per heavy atom. The molecule has 0 aliphatic rings. The van der Waals surface area contributed by atoms with Crippen molar-refractivity contribution in [3.8, 4) is 0 Å². The highest BCUT2D eigenvalue weighted by Gasteiger charge is 2.23. The Hall–Kier alpha value is -1.51. The first kappa shape index (κ1) is 14.6. The van der Waals surface area contributed by atoms with Gasteiger partial charge in [-0.25, -0.2) is 4.79 Å². The first-order chi connectivity index (χ1) is 8.36. The third-order valence-corrected chi connectivity index (χ3v) is 2.99. The van der Waals surface area contributed by atoms with Crippen molar-refractivity contribution in [2.75, 3.05) is 6.61 Å². The number of nitrogens with one attached hydrogen (secondary N) is 1. The Morgan fingerprint density at radius 2 is 1.83 bits per heavy atom. The van der Waals surface area contributed by atoms with Gasteiger partial charge in [-0.15, -0.1) is 0 Å². The molecule has 100 valence electrons. The van der Waals surface area contributed by atoms with E-state index in [2.05, 4.69) is 43.4 Å². The van der Waals surface area contributed by atoms with Gasteiger partial charge in [0.15, 0.2) is 0 Å². The molecule has 1 aromatic rings. The van der Waals surface area contributed by atoms with Crippen LogP contribution in [0.1, 0.15) is 51.7 Å². The number of alkyl carbamates (subject to hydrolysis) is 1. The number of ether oxygens (including phenoxy) is 1. The maximum Gasteiger partial charge on any atom is 0.407 e. The van der Waals surface area contributed by atoms with Gasteiger partial charge in [-0.2, -0.15) is 0 Å². The number of rotatable bonds is 4. The van der Waals surface area contributed by atoms with Crippen molar-refractivity contribution in [1.82, 2.24) is 5.32 Å². The van der Waals surface area contributed by atoms with Gasteiger partial charge in [-0.05, 0) is 37.8 Å². The minimum atomic E-state index is -0.429. The first-order valence-corrected chi connectivity index (χ1v) is 6.42. The number of benzene rings is 1. The zero-order valence-electron chi connectivity index (χ0n) is 11.9. The van der Waals surface area contributed by atoms with Gasteiger partial charge < -0.3 is 10.1 Å². The molecule has 1 aromatic carbocycles. The van der Waals surface area contributed by atoms with E-state index < -0.39 is 5.54 Å². The smallest absolute Gasteiger partial charge is 0.407 e. The summed E-state index contributed by atoms with van der Waals surface area (Å²) in [6, 6.07) is 8.33. The zero-order valence-corrected chi connectivity index (χ0v) is 11.9. The molecule has 1 N–H and O–H groups in total. The van der Waals surface area contributed by atoms with E-state index in [-0.39, 0.29) is 6.09 Å². The standard InChI is InChI=1S/C15H23NO2/c1-6-18-14(17)16-15(4,5)13-9-7-12(8-10-13)11(2)3/h7-11H,6H2,1-5H3,(H,16,17). The average molecular weight is 249 g/mol. The highest BCUT2D eigenvalue weighted by Crippen LogP contribution is 2.23. The molecule has 3 heteroatoms. The summed E-state index contributed by atoms with van der Waals surface area (Å²) in [6.07, 6.45) is -0.379. The largest absolute Gasteiger partial charge is 0.450 e. The van der Waals surface area contributed by atoms with Gasteiger partial charge in [0.2, 0.25) is 0 Å². The van der Waals surface area contributed by atoms with Gasteiger partial charge in [-0.3, -0.25) is 0 Å². The number of carbonyl (C=O) groups excluding carboxylic acids is 1. The summed E-state index contributed by atoms with van der Waals surface area (Å²) in [7, 11) is 0. The maximum absolute atomic E-state index is 11.5. The van der Waals surface area contributed by atoms with Crippen molar-refractivity contribution in [2.24, 2.45) is 0 Å². The molecule has 0 fully saturated rings. The van der Waals surface area contributed by atoms with Crippen molar-refractivity contribution in [2.45, 2.75) is 46.1 Å². The second-order valence-electron chi connectivity index (χ2n) is 5.25. The second-order valence-corrected chi connectivity index (χ2v) is 5.25. The van der Waals surface area contributed by atoms with Gasteiger partial charge in [0.1, 0.15) is 0 Å². The van der Waals surface area contributed by atoms with E-state index in [0.717, 1.165) is 5.56 Å². The lowest BCUT2D eigenvalue weighted by Gasteiger charge is -2.26. The summed E-state index contributed by atoms with van der Waals surface area (Å²) in [5.41, 5.74) is 1.94. The van der Waals surface area contributed by atoms with E-state index in [1.54, 1.807) is 6.92 Å². The summed E-state index contributed by atoms with van der Waals surface area (Å²) < 4.78 is 4.91. The molecular formula is C15H23NO2. The van der Waals surface area contributed by atoms with Gasteiger partial charge >= 0.3 is 6.09 Å². The number of amides is 1. The predicted octanol–water partition coefficient (Wildman–Crippen LogP) is 3.79. The topological polar surface area (TPSA) is 38.3 Å². The summed E-state index contributed by atoms with van der Waals surface area (Å²) in [5.74, 6) is 0.514. The highest BCUT2D eigenvalue weighted by molar-refractivity contribution is 5.68. The van der Waals surface area contributed by atoms with Crippen LogP contribution < -0.4 is 5.32 Å². The summed E-state index contributed by atoms with van der Waals surface area (Å²) >= 11 is 0. The molecule has 0 unspecified atom stereocenters. The third kappa shape index (κ3) is 3.76. The normalized spacial score (nSPS) is 11.4. The lowest BCUT2D eigenvalue weighted by atomic mass is 9.92. The van der Waals surface area contributed by atoms with Crippen LogP contribution in [0.15, 0.2) is 24.3 Å². The fourth-order valence-electron chi connectivity index (χ4n) is 1.78. The van der Waals surface area contributed by atoms with Crippen molar-refractivity contribution in [3.63, 3.8) is 0 Å². The Kier molecular flexibility index (Phi) is 4.76. The molecule has 0 bridgehead atoms. The summed E-state index contributed by atoms with van der Waals surface area (Å²) in [4.78, 5) is 11.5. The van der Waals surface area contributed by atoms with Crippen LogP contribution in [-0.4, -0.2) is 12.7 Å². The molecule has 0 saturated heterocycles. The van der Waals surface area contributed by atoms with E-state index in [9.17, 15) is 4.79 Å². The monoisotopic (exact) mass is 249 g/mol. The summed E-state index contributed by atoms with van der Waals surface area (Å²) in [6.45, 7) is 10.4. The number of hydrogen-bond acceptors (Lipinski definition) is 2. The molecule has 0 radical (unpaired) electrons. The van der Waals surface area contributed by atoms with Crippen molar-refractivity contribution < 1.29 is 9.53 Å². The van der Waals surface area contributed by atoms with E-state index in [1.165, 1.54) is 5.56 Å². The number of hydrogen-bond donors (Lipinski definition) is 1.